The smallest absolute Gasteiger partial charge is 0.326 e. The van der Waals surface area contributed by atoms with Crippen molar-refractivity contribution in [3.05, 3.63) is 63.6 Å². The van der Waals surface area contributed by atoms with Crippen LogP contribution in [0, 0.1) is 17.3 Å². The number of anilines is 1. The van der Waals surface area contributed by atoms with Gasteiger partial charge in [0.1, 0.15) is 11.8 Å². The summed E-state index contributed by atoms with van der Waals surface area (Å²) in [6, 6.07) is 10.3. The van der Waals surface area contributed by atoms with E-state index in [4.69, 9.17) is 23.2 Å². The molecule has 0 heterocycles. The Labute approximate surface area is 207 Å². The summed E-state index contributed by atoms with van der Waals surface area (Å²) in [5.41, 5.74) is 0.793. The second-order valence-corrected chi connectivity index (χ2v) is 9.94. The fourth-order valence-corrected chi connectivity index (χ4v) is 4.97. The number of rotatable bonds is 8. The average Bonchev–Trinajstić information content (AvgIpc) is 2.73. The van der Waals surface area contributed by atoms with E-state index in [1.54, 1.807) is 42.5 Å². The number of ketones is 1. The summed E-state index contributed by atoms with van der Waals surface area (Å²) in [5.74, 6) is -2.57. The van der Waals surface area contributed by atoms with Gasteiger partial charge >= 0.3 is 5.97 Å². The summed E-state index contributed by atoms with van der Waals surface area (Å²) in [4.78, 5) is 48.8. The summed E-state index contributed by atoms with van der Waals surface area (Å²) in [7, 11) is 0. The van der Waals surface area contributed by atoms with Gasteiger partial charge in [-0.2, -0.15) is 0 Å². The van der Waals surface area contributed by atoms with Crippen LogP contribution in [0.2, 0.25) is 10.0 Å². The molecule has 0 saturated heterocycles. The quantitative estimate of drug-likeness (QED) is 0.485. The van der Waals surface area contributed by atoms with Crippen molar-refractivity contribution in [3.63, 3.8) is 0 Å². The van der Waals surface area contributed by atoms with Crippen molar-refractivity contribution in [2.75, 3.05) is 5.32 Å². The van der Waals surface area contributed by atoms with Crippen LogP contribution in [0.15, 0.2) is 42.5 Å². The standard InChI is InChI=1S/C25H26Cl2N2O5/c1-13(30)16-12-17(25(16,2)3)22(31)29-20(24(33)34)11-14-7-9-15(10-8-14)28-23(32)21-18(26)5-4-6-19(21)27/h4-10,16-17,20H,11-12H2,1-3H3,(H,28,32)(H,29,31)(H,33,34)/t16?,17?,20-/m0/s1. The number of hydrogen-bond donors (Lipinski definition) is 3. The van der Waals surface area contributed by atoms with E-state index in [9.17, 15) is 24.3 Å². The van der Waals surface area contributed by atoms with Crippen molar-refractivity contribution in [2.45, 2.75) is 39.7 Å². The summed E-state index contributed by atoms with van der Waals surface area (Å²) >= 11 is 12.1. The third kappa shape index (κ3) is 5.42. The number of hydrogen-bond acceptors (Lipinski definition) is 4. The van der Waals surface area contributed by atoms with Crippen LogP contribution >= 0.6 is 23.2 Å². The second-order valence-electron chi connectivity index (χ2n) is 9.12. The Kier molecular flexibility index (Phi) is 7.68. The van der Waals surface area contributed by atoms with E-state index >= 15 is 0 Å². The SMILES string of the molecule is CC(=O)C1CC(C(=O)N[C@@H](Cc2ccc(NC(=O)c3c(Cl)cccc3Cl)cc2)C(=O)O)C1(C)C. The minimum Gasteiger partial charge on any atom is -0.480 e. The van der Waals surface area contributed by atoms with Crippen LogP contribution in [0.4, 0.5) is 5.69 Å². The molecule has 2 aromatic carbocycles. The van der Waals surface area contributed by atoms with E-state index in [0.29, 0.717) is 17.7 Å². The molecule has 3 N–H and O–H groups in total. The lowest BCUT2D eigenvalue weighted by molar-refractivity contribution is -0.152. The molecule has 0 aliphatic heterocycles. The van der Waals surface area contributed by atoms with Crippen molar-refractivity contribution >= 4 is 52.5 Å². The zero-order valence-corrected chi connectivity index (χ0v) is 20.5. The molecule has 1 saturated carbocycles. The number of carbonyl (C=O) groups is 4. The maximum absolute atomic E-state index is 12.7. The molecule has 0 aromatic heterocycles. The van der Waals surface area contributed by atoms with Gasteiger partial charge in [0.25, 0.3) is 5.91 Å². The molecule has 1 aliphatic rings. The number of carbonyl (C=O) groups excluding carboxylic acids is 3. The first-order chi connectivity index (χ1) is 15.9. The zero-order chi connectivity index (χ0) is 25.2. The summed E-state index contributed by atoms with van der Waals surface area (Å²) < 4.78 is 0. The second kappa shape index (κ2) is 10.2. The molecule has 180 valence electrons. The topological polar surface area (TPSA) is 113 Å². The molecular weight excluding hydrogens is 479 g/mol. The number of aliphatic carboxylic acids is 1. The lowest BCUT2D eigenvalue weighted by Gasteiger charge is -2.50. The Hall–Kier alpha value is -2.90. The highest BCUT2D eigenvalue weighted by Gasteiger charge is 2.53. The zero-order valence-electron chi connectivity index (χ0n) is 19.0. The van der Waals surface area contributed by atoms with Crippen LogP contribution in [0.25, 0.3) is 0 Å². The van der Waals surface area contributed by atoms with E-state index in [1.165, 1.54) is 6.92 Å². The van der Waals surface area contributed by atoms with E-state index in [1.807, 2.05) is 13.8 Å². The highest BCUT2D eigenvalue weighted by Crippen LogP contribution is 2.51. The molecule has 1 aliphatic carbocycles. The Morgan fingerprint density at radius 2 is 1.62 bits per heavy atom. The van der Waals surface area contributed by atoms with Gasteiger partial charge in [-0.15, -0.1) is 0 Å². The van der Waals surface area contributed by atoms with Gasteiger partial charge < -0.3 is 15.7 Å². The fraction of sp³-hybridized carbons (Fsp3) is 0.360. The molecular formula is C25H26Cl2N2O5. The third-order valence-corrected chi connectivity index (χ3v) is 7.16. The lowest BCUT2D eigenvalue weighted by atomic mass is 9.53. The normalized spacial score (nSPS) is 19.4. The summed E-state index contributed by atoms with van der Waals surface area (Å²) in [5, 5.41) is 15.4. The number of halogens is 2. The van der Waals surface area contributed by atoms with Crippen LogP contribution in [0.3, 0.4) is 0 Å². The first kappa shape index (κ1) is 25.7. The summed E-state index contributed by atoms with van der Waals surface area (Å²) in [6.07, 6.45) is 0.485. The van der Waals surface area contributed by atoms with E-state index < -0.39 is 29.3 Å². The van der Waals surface area contributed by atoms with Crippen molar-refractivity contribution in [1.82, 2.24) is 5.32 Å². The van der Waals surface area contributed by atoms with Crippen molar-refractivity contribution in [3.8, 4) is 0 Å². The fourth-order valence-electron chi connectivity index (χ4n) is 4.40. The van der Waals surface area contributed by atoms with Gasteiger partial charge in [0.2, 0.25) is 5.91 Å². The Bertz CT molecular complexity index is 1110. The first-order valence-electron chi connectivity index (χ1n) is 10.8. The average molecular weight is 505 g/mol. The van der Waals surface area contributed by atoms with Gasteiger partial charge in [0, 0.05) is 23.9 Å². The van der Waals surface area contributed by atoms with Crippen molar-refractivity contribution in [2.24, 2.45) is 17.3 Å². The van der Waals surface area contributed by atoms with Gasteiger partial charge in [-0.1, -0.05) is 55.2 Å². The van der Waals surface area contributed by atoms with Crippen LogP contribution < -0.4 is 10.6 Å². The molecule has 1 fully saturated rings. The van der Waals surface area contributed by atoms with Crippen LogP contribution in [-0.4, -0.2) is 34.7 Å². The summed E-state index contributed by atoms with van der Waals surface area (Å²) in [6.45, 7) is 5.21. The van der Waals surface area contributed by atoms with Crippen LogP contribution in [-0.2, 0) is 20.8 Å². The van der Waals surface area contributed by atoms with Gasteiger partial charge in [-0.05, 0) is 48.6 Å². The molecule has 3 atom stereocenters. The number of Topliss-reactive ketones (excluding diaryl/α,β-unsaturated/α-hetero) is 1. The largest absolute Gasteiger partial charge is 0.480 e. The molecule has 34 heavy (non-hydrogen) atoms. The highest BCUT2D eigenvalue weighted by molar-refractivity contribution is 6.40. The minimum atomic E-state index is -1.15. The third-order valence-electron chi connectivity index (χ3n) is 6.53. The minimum absolute atomic E-state index is 0.0350. The molecule has 7 nitrogen and oxygen atoms in total. The Balaban J connectivity index is 1.63. The van der Waals surface area contributed by atoms with Crippen LogP contribution in [0.5, 0.6) is 0 Å². The number of amides is 2. The molecule has 0 radical (unpaired) electrons. The molecule has 2 unspecified atom stereocenters. The Morgan fingerprint density at radius 3 is 2.12 bits per heavy atom. The van der Waals surface area contributed by atoms with Gasteiger partial charge in [0.05, 0.1) is 15.6 Å². The van der Waals surface area contributed by atoms with Crippen molar-refractivity contribution in [1.29, 1.82) is 0 Å². The molecule has 0 spiro atoms. The van der Waals surface area contributed by atoms with Gasteiger partial charge in [-0.3, -0.25) is 14.4 Å². The highest BCUT2D eigenvalue weighted by atomic mass is 35.5. The van der Waals surface area contributed by atoms with E-state index in [2.05, 4.69) is 10.6 Å². The first-order valence-corrected chi connectivity index (χ1v) is 11.5. The molecule has 0 bridgehead atoms. The number of carboxylic acid groups (broad SMARTS) is 1. The maximum atomic E-state index is 12.7. The number of carboxylic acids is 1. The monoisotopic (exact) mass is 504 g/mol. The molecule has 9 heteroatoms. The lowest BCUT2D eigenvalue weighted by Crippen LogP contribution is -2.57. The number of nitrogens with one attached hydrogen (secondary N) is 2. The Morgan fingerprint density at radius 1 is 1.03 bits per heavy atom. The maximum Gasteiger partial charge on any atom is 0.326 e. The van der Waals surface area contributed by atoms with E-state index in [-0.39, 0.29) is 39.6 Å². The molecule has 2 aromatic rings. The van der Waals surface area contributed by atoms with Gasteiger partial charge in [-0.25, -0.2) is 4.79 Å². The van der Waals surface area contributed by atoms with E-state index in [0.717, 1.165) is 0 Å². The van der Waals surface area contributed by atoms with Gasteiger partial charge in [0.15, 0.2) is 0 Å². The van der Waals surface area contributed by atoms with Crippen LogP contribution in [0.1, 0.15) is 43.1 Å². The number of benzene rings is 2. The molecule has 2 amide bonds. The molecule has 3 rings (SSSR count). The predicted octanol–water partition coefficient (Wildman–Crippen LogP) is 4.61. The predicted molar refractivity (Wildman–Crippen MR) is 130 cm³/mol. The van der Waals surface area contributed by atoms with Crippen molar-refractivity contribution < 1.29 is 24.3 Å².